The van der Waals surface area contributed by atoms with E-state index in [2.05, 4.69) is 335 Å². The SMILES string of the molecule is Cc1cc(-c2[c-]cc(-c3ccccc3-c3cc(-c4ccccc4-c4c[c-]c(-c5ccccn5)cc4-c4cccc(-c5ccccc5)c4)cc(-c4ccccc4-c4c[c-]c(-c5ccccn5)cc4-c4cccc(-c5ccccc5)c4)c3)c(-c3cccc(-c4ccccc4)c3)c2)ncc1-c1cccc(F)c1.[Ir+3]. The van der Waals surface area contributed by atoms with E-state index >= 15 is 0 Å². The third-order valence-corrected chi connectivity index (χ3v) is 19.6. The summed E-state index contributed by atoms with van der Waals surface area (Å²) in [5.41, 5.74) is 33.3. The molecular weight excluding hydrogens is 1450 g/mol. The van der Waals surface area contributed by atoms with Crippen LogP contribution in [-0.4, -0.2) is 15.0 Å². The number of aryl methyl sites for hydroxylation is 1. The Balaban J connectivity index is 0.00000847. The van der Waals surface area contributed by atoms with Crippen molar-refractivity contribution in [3.8, 4) is 178 Å². The molecule has 0 saturated carbocycles. The summed E-state index contributed by atoms with van der Waals surface area (Å²) in [5.74, 6) is -0.287. The molecule has 0 radical (unpaired) electrons. The van der Waals surface area contributed by atoms with Crippen molar-refractivity contribution in [2.24, 2.45) is 0 Å². The quantitative estimate of drug-likeness (QED) is 0.0905. The minimum absolute atomic E-state index is 0. The fourth-order valence-electron chi connectivity index (χ4n) is 14.5. The number of nitrogens with zero attached hydrogens (tertiary/aromatic N) is 3. The number of hydrogen-bond acceptors (Lipinski definition) is 3. The van der Waals surface area contributed by atoms with Gasteiger partial charge in [-0.2, -0.15) is 0 Å². The Kier molecular flexibility index (Phi) is 19.0. The third-order valence-electron chi connectivity index (χ3n) is 19.6. The second-order valence-corrected chi connectivity index (χ2v) is 26.1. The second kappa shape index (κ2) is 30.0. The van der Waals surface area contributed by atoms with Crippen molar-refractivity contribution in [3.05, 3.63) is 406 Å². The van der Waals surface area contributed by atoms with E-state index in [1.165, 1.54) is 6.07 Å². The first-order chi connectivity index (χ1) is 51.4. The van der Waals surface area contributed by atoms with Crippen LogP contribution >= 0.6 is 0 Å². The van der Waals surface area contributed by atoms with E-state index in [-0.39, 0.29) is 25.9 Å². The predicted molar refractivity (Wildman–Crippen MR) is 428 cm³/mol. The Morgan fingerprint density at radius 1 is 0.219 bits per heavy atom. The molecule has 0 aliphatic rings. The summed E-state index contributed by atoms with van der Waals surface area (Å²) in [7, 11) is 0. The van der Waals surface area contributed by atoms with Gasteiger partial charge in [0.1, 0.15) is 5.82 Å². The van der Waals surface area contributed by atoms with Crippen molar-refractivity contribution in [1.82, 2.24) is 15.0 Å². The number of aromatic nitrogens is 3. The van der Waals surface area contributed by atoms with Crippen molar-refractivity contribution in [1.29, 1.82) is 0 Å². The Hall–Kier alpha value is -12.9. The number of pyridine rings is 3. The molecule has 496 valence electrons. The van der Waals surface area contributed by atoms with E-state index in [1.54, 1.807) is 12.1 Å². The van der Waals surface area contributed by atoms with Gasteiger partial charge in [0.05, 0.1) is 0 Å². The van der Waals surface area contributed by atoms with Crippen LogP contribution in [0.3, 0.4) is 0 Å². The number of benzene rings is 14. The van der Waals surface area contributed by atoms with Crippen LogP contribution < -0.4 is 0 Å². The van der Waals surface area contributed by atoms with Crippen LogP contribution in [0.15, 0.2) is 377 Å². The van der Waals surface area contributed by atoms with E-state index in [0.29, 0.717) is 0 Å². The second-order valence-electron chi connectivity index (χ2n) is 26.1. The molecule has 0 fully saturated rings. The molecule has 3 aromatic heterocycles. The van der Waals surface area contributed by atoms with Crippen LogP contribution in [0.4, 0.5) is 4.39 Å². The summed E-state index contributed by atoms with van der Waals surface area (Å²) in [5, 5.41) is 0. The zero-order valence-corrected chi connectivity index (χ0v) is 59.7. The summed E-state index contributed by atoms with van der Waals surface area (Å²) in [6.07, 6.45) is 5.54. The number of halogens is 1. The van der Waals surface area contributed by atoms with Crippen LogP contribution in [0.5, 0.6) is 0 Å². The van der Waals surface area contributed by atoms with Crippen LogP contribution in [-0.2, 0) is 20.1 Å². The Morgan fingerprint density at radius 3 is 0.876 bits per heavy atom. The van der Waals surface area contributed by atoms with Gasteiger partial charge in [0.15, 0.2) is 0 Å². The van der Waals surface area contributed by atoms with E-state index in [9.17, 15) is 4.39 Å². The smallest absolute Gasteiger partial charge is 0.305 e. The van der Waals surface area contributed by atoms with Gasteiger partial charge in [0.25, 0.3) is 0 Å². The Labute approximate surface area is 626 Å². The molecule has 0 spiro atoms. The Morgan fingerprint density at radius 2 is 0.524 bits per heavy atom. The first kappa shape index (κ1) is 66.6. The van der Waals surface area contributed by atoms with Gasteiger partial charge in [-0.15, -0.1) is 71.3 Å². The third kappa shape index (κ3) is 13.9. The van der Waals surface area contributed by atoms with Crippen LogP contribution in [0.2, 0.25) is 0 Å². The van der Waals surface area contributed by atoms with Gasteiger partial charge < -0.3 is 15.0 Å². The standard InChI is InChI=1S/C100H65FN3.Ir/c1-67-55-100(104-66-97(67)77-37-24-38-84(101)62-77)80-49-52-93(96(65-80)76-36-23-33-73(58-76)70-29-9-4-10-30-70)90-44-16-13-41-87(90)83-60-81(85-39-11-14-42-88(85)91-50-47-78(98-45-17-19-53-102-98)63-94(91)74-34-21-31-71(56-74)68-25-5-2-6-26-68)59-82(61-83)86-40-12-15-43-89(86)92-51-48-79(99-46-18-20-54-103-99)64-95(92)75-35-22-32-72(57-75)69-27-7-3-8-28-69;/h2-46,50-66H,1H3;/q-3;+3. The minimum Gasteiger partial charge on any atom is -0.305 e. The maximum Gasteiger partial charge on any atom is 3.00 e. The van der Waals surface area contributed by atoms with E-state index in [4.69, 9.17) is 15.0 Å². The topological polar surface area (TPSA) is 38.7 Å². The van der Waals surface area contributed by atoms with Gasteiger partial charge in [-0.3, -0.25) is 0 Å². The molecule has 3 heterocycles. The van der Waals surface area contributed by atoms with E-state index in [0.717, 1.165) is 184 Å². The van der Waals surface area contributed by atoms with Crippen LogP contribution in [0, 0.1) is 30.9 Å². The maximum absolute atomic E-state index is 14.7. The zero-order chi connectivity index (χ0) is 69.7. The molecule has 0 saturated heterocycles. The molecule has 14 aromatic carbocycles. The van der Waals surface area contributed by atoms with Crippen LogP contribution in [0.1, 0.15) is 5.56 Å². The molecule has 0 amide bonds. The van der Waals surface area contributed by atoms with Crippen LogP contribution in [0.25, 0.3) is 178 Å². The fraction of sp³-hybridized carbons (Fsp3) is 0.0100. The average Bonchev–Trinajstić information content (AvgIpc) is 0.766. The molecule has 3 nitrogen and oxygen atoms in total. The van der Waals surface area contributed by atoms with Crippen molar-refractivity contribution in [2.45, 2.75) is 6.92 Å². The molecular formula is C100H65FIrN3. The van der Waals surface area contributed by atoms with E-state index in [1.807, 2.05) is 48.9 Å². The molecule has 0 aliphatic heterocycles. The van der Waals surface area contributed by atoms with Gasteiger partial charge >= 0.3 is 20.1 Å². The average molecular weight is 1520 g/mol. The Bertz CT molecular complexity index is 5770. The van der Waals surface area contributed by atoms with Crippen molar-refractivity contribution in [2.75, 3.05) is 0 Å². The van der Waals surface area contributed by atoms with Gasteiger partial charge in [-0.25, -0.2) is 4.39 Å². The monoisotopic (exact) mass is 1520 g/mol. The number of rotatable bonds is 16. The summed E-state index contributed by atoms with van der Waals surface area (Å²) in [6.45, 7) is 2.06. The fourth-order valence-corrected chi connectivity index (χ4v) is 14.5. The van der Waals surface area contributed by atoms with Crippen molar-refractivity contribution in [3.63, 3.8) is 0 Å². The van der Waals surface area contributed by atoms with Gasteiger partial charge in [-0.05, 0) is 179 Å². The van der Waals surface area contributed by atoms with E-state index < -0.39 is 0 Å². The van der Waals surface area contributed by atoms with Gasteiger partial charge in [-0.1, -0.05) is 311 Å². The summed E-state index contributed by atoms with van der Waals surface area (Å²) >= 11 is 0. The van der Waals surface area contributed by atoms with Crippen molar-refractivity contribution >= 4 is 0 Å². The first-order valence-corrected chi connectivity index (χ1v) is 35.0. The molecule has 0 N–H and O–H groups in total. The molecule has 0 atom stereocenters. The minimum atomic E-state index is -0.287. The molecule has 17 aromatic rings. The predicted octanol–water partition coefficient (Wildman–Crippen LogP) is 26.4. The molecule has 0 bridgehead atoms. The zero-order valence-electron chi connectivity index (χ0n) is 57.3. The number of hydrogen-bond donors (Lipinski definition) is 0. The molecule has 17 rings (SSSR count). The van der Waals surface area contributed by atoms with Crippen molar-refractivity contribution < 1.29 is 24.5 Å². The van der Waals surface area contributed by atoms with Gasteiger partial charge in [0.2, 0.25) is 0 Å². The maximum atomic E-state index is 14.7. The molecule has 5 heteroatoms. The molecule has 0 aliphatic carbocycles. The summed E-state index contributed by atoms with van der Waals surface area (Å²) in [6, 6.07) is 137. The largest absolute Gasteiger partial charge is 3.00 e. The molecule has 0 unspecified atom stereocenters. The first-order valence-electron chi connectivity index (χ1n) is 35.0. The normalized spacial score (nSPS) is 11.1. The summed E-state index contributed by atoms with van der Waals surface area (Å²) < 4.78 is 14.7. The van der Waals surface area contributed by atoms with Gasteiger partial charge in [0, 0.05) is 24.2 Å². The molecule has 105 heavy (non-hydrogen) atoms. The summed E-state index contributed by atoms with van der Waals surface area (Å²) in [4.78, 5) is 14.7.